The van der Waals surface area contributed by atoms with E-state index in [-0.39, 0.29) is 29.0 Å². The Bertz CT molecular complexity index is 577. The summed E-state index contributed by atoms with van der Waals surface area (Å²) in [6, 6.07) is 3.63. The minimum absolute atomic E-state index is 0.0333. The lowest BCUT2D eigenvalue weighted by atomic mass is 10.0. The van der Waals surface area contributed by atoms with E-state index in [1.807, 2.05) is 6.92 Å². The Hall–Kier alpha value is -1.02. The van der Waals surface area contributed by atoms with Gasteiger partial charge in [0.15, 0.2) is 0 Å². The van der Waals surface area contributed by atoms with Crippen LogP contribution in [-0.4, -0.2) is 27.7 Å². The van der Waals surface area contributed by atoms with E-state index in [4.69, 9.17) is 10.5 Å². The van der Waals surface area contributed by atoms with Gasteiger partial charge in [0.1, 0.15) is 5.82 Å². The molecule has 5 nitrogen and oxygen atoms in total. The van der Waals surface area contributed by atoms with Crippen LogP contribution >= 0.6 is 0 Å². The Morgan fingerprint density at radius 1 is 1.50 bits per heavy atom. The van der Waals surface area contributed by atoms with Crippen molar-refractivity contribution in [1.29, 1.82) is 0 Å². The van der Waals surface area contributed by atoms with Crippen molar-refractivity contribution >= 4 is 10.0 Å². The molecule has 0 aliphatic carbocycles. The normalized spacial score (nSPS) is 23.1. The molecule has 2 atom stereocenters. The van der Waals surface area contributed by atoms with Crippen LogP contribution in [0.15, 0.2) is 23.1 Å². The van der Waals surface area contributed by atoms with Crippen LogP contribution in [0.1, 0.15) is 18.9 Å². The fraction of sp³-hybridized carbons (Fsp3) is 0.538. The molecule has 1 aromatic rings. The summed E-state index contributed by atoms with van der Waals surface area (Å²) in [4.78, 5) is 0.0333. The average Bonchev–Trinajstić information content (AvgIpc) is 2.82. The molecule has 1 aromatic carbocycles. The van der Waals surface area contributed by atoms with Gasteiger partial charge in [-0.15, -0.1) is 0 Å². The standard InChI is InChI=1S/C13H19FN2O3S/c1-9-10(4-5-19-9)8-16-20(17,18)12-2-3-13(14)11(6-12)7-15/h2-3,6,9-10,16H,4-5,7-8,15H2,1H3. The SMILES string of the molecule is CC1OCCC1CNS(=O)(=O)c1ccc(F)c(CN)c1. The summed E-state index contributed by atoms with van der Waals surface area (Å²) in [5.74, 6) is -0.330. The van der Waals surface area contributed by atoms with Crippen LogP contribution in [0.5, 0.6) is 0 Å². The molecule has 112 valence electrons. The molecule has 1 aliphatic rings. The molecule has 20 heavy (non-hydrogen) atoms. The molecule has 0 saturated carbocycles. The van der Waals surface area contributed by atoms with E-state index in [1.54, 1.807) is 0 Å². The van der Waals surface area contributed by atoms with Gasteiger partial charge in [-0.3, -0.25) is 0 Å². The molecule has 7 heteroatoms. The molecular weight excluding hydrogens is 283 g/mol. The van der Waals surface area contributed by atoms with E-state index in [0.717, 1.165) is 12.5 Å². The van der Waals surface area contributed by atoms with Crippen LogP contribution < -0.4 is 10.5 Å². The lowest BCUT2D eigenvalue weighted by Gasteiger charge is -2.15. The van der Waals surface area contributed by atoms with E-state index in [0.29, 0.717) is 13.2 Å². The number of hydrogen-bond donors (Lipinski definition) is 2. The van der Waals surface area contributed by atoms with Crippen LogP contribution in [0.2, 0.25) is 0 Å². The fourth-order valence-corrected chi connectivity index (χ4v) is 3.36. The largest absolute Gasteiger partial charge is 0.378 e. The van der Waals surface area contributed by atoms with Crippen LogP contribution in [0, 0.1) is 11.7 Å². The highest BCUT2D eigenvalue weighted by molar-refractivity contribution is 7.89. The summed E-state index contributed by atoms with van der Waals surface area (Å²) in [7, 11) is -3.65. The maximum atomic E-state index is 13.3. The van der Waals surface area contributed by atoms with E-state index >= 15 is 0 Å². The third-order valence-electron chi connectivity index (χ3n) is 3.62. The molecule has 1 aliphatic heterocycles. The number of hydrogen-bond acceptors (Lipinski definition) is 4. The summed E-state index contributed by atoms with van der Waals surface area (Å²) in [5.41, 5.74) is 5.57. The van der Waals surface area contributed by atoms with E-state index in [1.165, 1.54) is 12.1 Å². The van der Waals surface area contributed by atoms with Crippen LogP contribution in [-0.2, 0) is 21.3 Å². The third kappa shape index (κ3) is 3.35. The summed E-state index contributed by atoms with van der Waals surface area (Å²) < 4.78 is 45.6. The van der Waals surface area contributed by atoms with Crippen LogP contribution in [0.4, 0.5) is 4.39 Å². The number of benzene rings is 1. The molecule has 3 N–H and O–H groups in total. The van der Waals surface area contributed by atoms with Gasteiger partial charge in [-0.05, 0) is 31.5 Å². The van der Waals surface area contributed by atoms with Gasteiger partial charge in [0.25, 0.3) is 0 Å². The lowest BCUT2D eigenvalue weighted by molar-refractivity contribution is 0.107. The first kappa shape index (κ1) is 15.4. The predicted molar refractivity (Wildman–Crippen MR) is 73.0 cm³/mol. The first-order valence-corrected chi connectivity index (χ1v) is 8.02. The van der Waals surface area contributed by atoms with E-state index in [9.17, 15) is 12.8 Å². The zero-order valence-corrected chi connectivity index (χ0v) is 12.1. The minimum Gasteiger partial charge on any atom is -0.378 e. The molecule has 2 rings (SSSR count). The summed E-state index contributed by atoms with van der Waals surface area (Å²) in [6.07, 6.45) is 0.881. The van der Waals surface area contributed by atoms with Gasteiger partial charge in [-0.2, -0.15) is 0 Å². The maximum Gasteiger partial charge on any atom is 0.240 e. The highest BCUT2D eigenvalue weighted by Gasteiger charge is 2.26. The number of halogens is 1. The Labute approximate surface area is 118 Å². The second kappa shape index (κ2) is 6.17. The summed E-state index contributed by atoms with van der Waals surface area (Å²) in [6.45, 7) is 2.86. The van der Waals surface area contributed by atoms with Gasteiger partial charge in [-0.1, -0.05) is 0 Å². The Morgan fingerprint density at radius 2 is 2.25 bits per heavy atom. The van der Waals surface area contributed by atoms with Crippen molar-refractivity contribution in [2.45, 2.75) is 30.9 Å². The monoisotopic (exact) mass is 302 g/mol. The van der Waals surface area contributed by atoms with Crippen molar-refractivity contribution in [3.05, 3.63) is 29.6 Å². The van der Waals surface area contributed by atoms with Gasteiger partial charge < -0.3 is 10.5 Å². The van der Waals surface area contributed by atoms with Crippen LogP contribution in [0.3, 0.4) is 0 Å². The molecule has 0 aromatic heterocycles. The molecule has 0 radical (unpaired) electrons. The zero-order valence-electron chi connectivity index (χ0n) is 11.3. The Balaban J connectivity index is 2.10. The molecule has 0 bridgehead atoms. The maximum absolute atomic E-state index is 13.3. The smallest absolute Gasteiger partial charge is 0.240 e. The average molecular weight is 302 g/mol. The summed E-state index contributed by atoms with van der Waals surface area (Å²) >= 11 is 0. The number of ether oxygens (including phenoxy) is 1. The number of rotatable bonds is 5. The molecule has 1 saturated heterocycles. The van der Waals surface area contributed by atoms with Crippen molar-refractivity contribution in [3.8, 4) is 0 Å². The molecular formula is C13H19FN2O3S. The second-order valence-electron chi connectivity index (χ2n) is 4.93. The lowest BCUT2D eigenvalue weighted by Crippen LogP contribution is -2.32. The van der Waals surface area contributed by atoms with Gasteiger partial charge in [0.2, 0.25) is 10.0 Å². The first-order chi connectivity index (χ1) is 9.44. The van der Waals surface area contributed by atoms with E-state index in [2.05, 4.69) is 4.72 Å². The molecule has 2 unspecified atom stereocenters. The first-order valence-electron chi connectivity index (χ1n) is 6.54. The highest BCUT2D eigenvalue weighted by atomic mass is 32.2. The molecule has 0 amide bonds. The van der Waals surface area contributed by atoms with Gasteiger partial charge in [0.05, 0.1) is 11.0 Å². The number of nitrogens with one attached hydrogen (secondary N) is 1. The highest BCUT2D eigenvalue weighted by Crippen LogP contribution is 2.20. The summed E-state index contributed by atoms with van der Waals surface area (Å²) in [5, 5.41) is 0. The number of sulfonamides is 1. The zero-order chi connectivity index (χ0) is 14.8. The van der Waals surface area contributed by atoms with E-state index < -0.39 is 15.8 Å². The van der Waals surface area contributed by atoms with Crippen LogP contribution in [0.25, 0.3) is 0 Å². The predicted octanol–water partition coefficient (Wildman–Crippen LogP) is 0.988. The molecule has 1 fully saturated rings. The number of nitrogens with two attached hydrogens (primary N) is 1. The van der Waals surface area contributed by atoms with Crippen molar-refractivity contribution in [3.63, 3.8) is 0 Å². The van der Waals surface area contributed by atoms with Crippen molar-refractivity contribution in [1.82, 2.24) is 4.72 Å². The van der Waals surface area contributed by atoms with Gasteiger partial charge in [-0.25, -0.2) is 17.5 Å². The van der Waals surface area contributed by atoms with Crippen molar-refractivity contribution in [2.24, 2.45) is 11.7 Å². The quantitative estimate of drug-likeness (QED) is 0.850. The van der Waals surface area contributed by atoms with Gasteiger partial charge in [0, 0.05) is 31.2 Å². The Morgan fingerprint density at radius 3 is 2.85 bits per heavy atom. The minimum atomic E-state index is -3.65. The van der Waals surface area contributed by atoms with Crippen molar-refractivity contribution < 1.29 is 17.5 Å². The third-order valence-corrected chi connectivity index (χ3v) is 5.04. The van der Waals surface area contributed by atoms with Crippen molar-refractivity contribution in [2.75, 3.05) is 13.2 Å². The van der Waals surface area contributed by atoms with Gasteiger partial charge >= 0.3 is 0 Å². The topological polar surface area (TPSA) is 81.4 Å². The Kier molecular flexibility index (Phi) is 4.74. The fourth-order valence-electron chi connectivity index (χ4n) is 2.22. The molecule has 1 heterocycles. The molecule has 0 spiro atoms. The second-order valence-corrected chi connectivity index (χ2v) is 6.70.